The Hall–Kier alpha value is -5.65. The van der Waals surface area contributed by atoms with Crippen LogP contribution in [0.1, 0.15) is 337 Å². The SMILES string of the molecule is C=C(C)C1C=CC(C)(O)CC1.C=C(C)C1CCC(C)=CC1c1ccc(C2CCC2CCCCC)cc1O.CCCC/C=C1\CCC1c1cccc(OC)c1.CCCCBr.CCCCCC.CCCCCC1CCC1c1cccc(O)c1.CCOCC.COc1cccc(C2CCC2=O)c1.COc1cccc(C=O)c1.FB(F)F.[Br-].[Br-]. The van der Waals surface area contributed by atoms with Crippen LogP contribution in [0.25, 0.3) is 0 Å². The standard InChI is InChI=1S/C25H36O.C16H22O.C15H22O.C11H12O2.C10H16O.C8H8O2.C6H14.C4H9Br.C4H10O.BF3.2BrH/c1-5-6-7-8-19-10-13-22(19)20-11-14-23(25(26)16-20)24-15-18(4)9-12-21(24)17(2)3;1-3-4-5-7-13-10-11-16(13)14-8-6-9-15(12-14)17-2;1-2-3-4-6-12-9-10-15(12)13-7-5-8-14(16)11-13;1-13-9-4-2-3-8(7-9)10-5-6-11(10)12;1-8(2)9-4-6-10(3,11)7-5-9;1-10-8-4-2-3-7(5-8)6-9;1-3-5-6-4-2;1-2-3-4-5;1-3-5-4-2;2-1(3)4;;/h11,14-16,19,21-22,24,26H,2,5-10,12-13H2,1,3-4H3;6-9,12,16H,3-5,10-11H2,1-2H3;5,7-8,11-12,15-16H,2-4,6,9-10H2,1H3;2-4,7,10H,5-6H2,1H3;4,6,9,11H,1,5,7H2,2-3H3;2-6H,1H3;3-6H2,1-2H3;2-4H2,1H3;3-4H2,1-2H3;;2*1H/p-2/b;13-7+;;;;;;;;;;. The lowest BCUT2D eigenvalue weighted by molar-refractivity contribution is -0.125. The molecule has 6 aliphatic carbocycles. The minimum Gasteiger partial charge on any atom is -1.00 e. The molecular formula is C99H149BBr3F3O9-2. The van der Waals surface area contributed by atoms with Crippen molar-refractivity contribution in [2.75, 3.05) is 39.9 Å². The molecule has 0 saturated heterocycles. The Balaban J connectivity index is 0.00000132. The molecule has 9 nitrogen and oxygen atoms in total. The first-order valence-corrected chi connectivity index (χ1v) is 44.1. The van der Waals surface area contributed by atoms with Crippen molar-refractivity contribution in [3.63, 3.8) is 0 Å². The first-order chi connectivity index (χ1) is 54.3. The van der Waals surface area contributed by atoms with Gasteiger partial charge in [0.25, 0.3) is 0 Å². The van der Waals surface area contributed by atoms with E-state index in [9.17, 15) is 37.9 Å². The van der Waals surface area contributed by atoms with Gasteiger partial charge in [-0.2, -0.15) is 0 Å². The number of ether oxygens (including phenoxy) is 4. The summed E-state index contributed by atoms with van der Waals surface area (Å²) in [6, 6.07) is 37.7. The molecule has 0 spiro atoms. The zero-order valence-electron chi connectivity index (χ0n) is 73.2. The number of carbonyl (C=O) groups is 2. The van der Waals surface area contributed by atoms with E-state index in [1.165, 1.54) is 181 Å². The van der Waals surface area contributed by atoms with Crippen molar-refractivity contribution in [3.05, 3.63) is 208 Å². The van der Waals surface area contributed by atoms with Crippen molar-refractivity contribution in [3.8, 4) is 28.7 Å². The van der Waals surface area contributed by atoms with Crippen molar-refractivity contribution in [1.82, 2.24) is 0 Å². The van der Waals surface area contributed by atoms with Crippen LogP contribution in [0.15, 0.2) is 175 Å². The maximum absolute atomic E-state index is 11.2. The molecule has 4 saturated carbocycles. The molecule has 3 N–H and O–H groups in total. The second-order valence-electron chi connectivity index (χ2n) is 31.3. The number of allylic oxidation sites excluding steroid dienone is 7. The predicted octanol–water partition coefficient (Wildman–Crippen LogP) is 23.3. The van der Waals surface area contributed by atoms with Gasteiger partial charge in [0.2, 0.25) is 0 Å². The minimum atomic E-state index is -3.67. The van der Waals surface area contributed by atoms with Gasteiger partial charge in [0.1, 0.15) is 40.8 Å². The van der Waals surface area contributed by atoms with E-state index in [1.807, 2.05) is 76.2 Å². The minimum absolute atomic E-state index is 0. The van der Waals surface area contributed by atoms with Crippen molar-refractivity contribution in [2.45, 2.75) is 304 Å². The van der Waals surface area contributed by atoms with Gasteiger partial charge in [-0.05, 0) is 250 Å². The maximum atomic E-state index is 11.2. The van der Waals surface area contributed by atoms with Crippen molar-refractivity contribution >= 4 is 35.5 Å². The van der Waals surface area contributed by atoms with Crippen LogP contribution in [0.5, 0.6) is 28.7 Å². The Morgan fingerprint density at radius 1 is 0.574 bits per heavy atom. The molecule has 115 heavy (non-hydrogen) atoms. The fourth-order valence-corrected chi connectivity index (χ4v) is 15.3. The number of Topliss-reactive ketones (excluding diaryl/α,β-unsaturated/α-hetero) is 1. The number of hydrogen-bond acceptors (Lipinski definition) is 9. The number of phenols is 2. The van der Waals surface area contributed by atoms with Crippen LogP contribution in [0.3, 0.4) is 0 Å². The quantitative estimate of drug-likeness (QED) is 0.0141. The highest BCUT2D eigenvalue weighted by molar-refractivity contribution is 9.09. The number of methoxy groups -OCH3 is 3. The van der Waals surface area contributed by atoms with Gasteiger partial charge in [0.05, 0.1) is 26.9 Å². The number of benzene rings is 5. The van der Waals surface area contributed by atoms with Crippen LogP contribution in [-0.4, -0.2) is 80.4 Å². The first kappa shape index (κ1) is 109. The molecular weight excluding hydrogens is 1640 g/mol. The normalized spacial score (nSPS) is 21.0. The third-order valence-electron chi connectivity index (χ3n) is 22.3. The highest BCUT2D eigenvalue weighted by atomic mass is 79.9. The van der Waals surface area contributed by atoms with E-state index in [0.29, 0.717) is 58.2 Å². The lowest BCUT2D eigenvalue weighted by Gasteiger charge is -2.38. The van der Waals surface area contributed by atoms with E-state index in [-0.39, 0.29) is 45.8 Å². The highest BCUT2D eigenvalue weighted by Crippen LogP contribution is 2.50. The monoisotopic (exact) mass is 1790 g/mol. The van der Waals surface area contributed by atoms with Crippen molar-refractivity contribution in [1.29, 1.82) is 0 Å². The first-order valence-electron chi connectivity index (χ1n) is 43.0. The number of aliphatic hydroxyl groups is 1. The molecule has 11 rings (SSSR count). The van der Waals surface area contributed by atoms with Crippen LogP contribution in [0.2, 0.25) is 0 Å². The number of ketones is 1. The molecule has 0 bridgehead atoms. The fourth-order valence-electron chi connectivity index (χ4n) is 14.7. The molecule has 16 heteroatoms. The Bertz CT molecular complexity index is 3490. The summed E-state index contributed by atoms with van der Waals surface area (Å²) in [6.07, 6.45) is 46.1. The molecule has 10 atom stereocenters. The van der Waals surface area contributed by atoms with Crippen LogP contribution < -0.4 is 48.2 Å². The largest absolute Gasteiger partial charge is 1.00 e. The van der Waals surface area contributed by atoms with Crippen LogP contribution in [0.4, 0.5) is 12.9 Å². The van der Waals surface area contributed by atoms with Crippen LogP contribution >= 0.6 is 15.9 Å². The molecule has 0 aliphatic heterocycles. The number of aldehydes is 1. The summed E-state index contributed by atoms with van der Waals surface area (Å²) in [4.78, 5) is 21.4. The molecule has 5 aromatic rings. The average Bonchev–Trinajstić information content (AvgIpc) is 0.789. The number of phenolic OH excluding ortho intramolecular Hbond substituents is 2. The van der Waals surface area contributed by atoms with Crippen molar-refractivity contribution < 1.29 is 90.8 Å². The number of alkyl halides is 1. The van der Waals surface area contributed by atoms with E-state index in [1.54, 1.807) is 57.2 Å². The molecule has 0 amide bonds. The van der Waals surface area contributed by atoms with Gasteiger partial charge in [0, 0.05) is 53.8 Å². The zero-order chi connectivity index (χ0) is 83.9. The van der Waals surface area contributed by atoms with E-state index < -0.39 is 13.1 Å². The van der Waals surface area contributed by atoms with Gasteiger partial charge in [-0.25, -0.2) is 0 Å². The number of rotatable bonds is 29. The number of halogens is 6. The van der Waals surface area contributed by atoms with Gasteiger partial charge >= 0.3 is 7.54 Å². The predicted molar refractivity (Wildman–Crippen MR) is 477 cm³/mol. The Labute approximate surface area is 726 Å². The topological polar surface area (TPSA) is 132 Å². The van der Waals surface area contributed by atoms with Crippen LogP contribution in [-0.2, 0) is 9.53 Å². The van der Waals surface area contributed by atoms with E-state index in [2.05, 4.69) is 145 Å². The summed E-state index contributed by atoms with van der Waals surface area (Å²) in [5.41, 5.74) is 11.8. The van der Waals surface area contributed by atoms with Crippen molar-refractivity contribution in [2.24, 2.45) is 23.7 Å². The van der Waals surface area contributed by atoms with E-state index >= 15 is 0 Å². The summed E-state index contributed by atoms with van der Waals surface area (Å²) in [5.74, 6) is 8.83. The summed E-state index contributed by atoms with van der Waals surface area (Å²) in [6.45, 7) is 35.4. The molecule has 646 valence electrons. The van der Waals surface area contributed by atoms with Gasteiger partial charge in [0.15, 0.2) is 0 Å². The Morgan fingerprint density at radius 3 is 1.44 bits per heavy atom. The summed E-state index contributed by atoms with van der Waals surface area (Å²) in [5, 5.41) is 31.0. The average molecular weight is 1790 g/mol. The zero-order valence-corrected chi connectivity index (χ0v) is 78.0. The molecule has 0 heterocycles. The Kier molecular flexibility index (Phi) is 62.0. The number of unbranched alkanes of at least 4 members (excludes halogenated alkanes) is 10. The van der Waals surface area contributed by atoms with Crippen LogP contribution in [0, 0.1) is 23.7 Å². The second-order valence-corrected chi connectivity index (χ2v) is 32.1. The number of hydrogen-bond donors (Lipinski definition) is 3. The maximum Gasteiger partial charge on any atom is 0.762 e. The summed E-state index contributed by atoms with van der Waals surface area (Å²) in [7, 11) is 1.28. The van der Waals surface area contributed by atoms with Gasteiger partial charge in [-0.15, -0.1) is 0 Å². The van der Waals surface area contributed by atoms with Gasteiger partial charge in [-0.3, -0.25) is 22.5 Å². The number of aromatic hydroxyl groups is 2. The van der Waals surface area contributed by atoms with E-state index in [4.69, 9.17) is 18.9 Å². The molecule has 0 aromatic heterocycles. The second kappa shape index (κ2) is 65.2. The molecule has 5 aromatic carbocycles. The molecule has 6 aliphatic rings. The third-order valence-corrected chi connectivity index (χ3v) is 22.8. The highest BCUT2D eigenvalue weighted by Gasteiger charge is 2.35. The van der Waals surface area contributed by atoms with Gasteiger partial charge < -0.3 is 68.2 Å². The lowest BCUT2D eigenvalue weighted by atomic mass is 9.67. The van der Waals surface area contributed by atoms with Gasteiger partial charge in [-0.1, -0.05) is 261 Å². The molecule has 0 radical (unpaired) electrons. The molecule has 4 fully saturated rings. The smallest absolute Gasteiger partial charge is 0.762 e. The Morgan fingerprint density at radius 2 is 1.06 bits per heavy atom. The lowest BCUT2D eigenvalue weighted by Crippen LogP contribution is -3.00. The third kappa shape index (κ3) is 44.3. The molecule has 10 unspecified atom stereocenters. The summed E-state index contributed by atoms with van der Waals surface area (Å²) < 4.78 is 49.1. The fraction of sp³-hybridized carbons (Fsp3) is 0.576. The number of carbonyl (C=O) groups excluding carboxylic acids is 2. The summed E-state index contributed by atoms with van der Waals surface area (Å²) >= 11 is 3.31. The van der Waals surface area contributed by atoms with E-state index in [0.717, 1.165) is 97.8 Å².